The number of nitrogens with one attached hydrogen (secondary N) is 1. The predicted molar refractivity (Wildman–Crippen MR) is 91.1 cm³/mol. The van der Waals surface area contributed by atoms with Gasteiger partial charge in [-0.25, -0.2) is 0 Å². The second-order valence-corrected chi connectivity index (χ2v) is 6.04. The summed E-state index contributed by atoms with van der Waals surface area (Å²) >= 11 is 6.14. The maximum atomic E-state index is 12.7. The summed E-state index contributed by atoms with van der Waals surface area (Å²) in [7, 11) is 1.94. The number of carbonyl (C=O) groups excluding carboxylic acids is 1. The van der Waals surface area contributed by atoms with Gasteiger partial charge in [-0.3, -0.25) is 4.79 Å². The van der Waals surface area contributed by atoms with Crippen molar-refractivity contribution < 1.29 is 9.21 Å². The lowest BCUT2D eigenvalue weighted by Gasteiger charge is -2.15. The van der Waals surface area contributed by atoms with E-state index in [0.29, 0.717) is 22.3 Å². The van der Waals surface area contributed by atoms with E-state index in [9.17, 15) is 4.79 Å². The first kappa shape index (κ1) is 17.1. The average molecular weight is 343 g/mol. The molecule has 0 aliphatic carbocycles. The van der Waals surface area contributed by atoms with Crippen LogP contribution in [0.1, 0.15) is 22.5 Å². The lowest BCUT2D eigenvalue weighted by atomic mass is 10.1. The van der Waals surface area contributed by atoms with Crippen LogP contribution >= 0.6 is 24.0 Å². The van der Waals surface area contributed by atoms with E-state index in [2.05, 4.69) is 5.32 Å². The summed E-state index contributed by atoms with van der Waals surface area (Å²) in [5.41, 5.74) is 1.47. The lowest BCUT2D eigenvalue weighted by molar-refractivity contribution is 0.0757. The maximum absolute atomic E-state index is 12.7. The van der Waals surface area contributed by atoms with Crippen LogP contribution in [-0.2, 0) is 0 Å². The highest BCUT2D eigenvalue weighted by atomic mass is 35.5. The molecule has 1 aliphatic heterocycles. The van der Waals surface area contributed by atoms with Crippen LogP contribution < -0.4 is 5.32 Å². The predicted octanol–water partition coefficient (Wildman–Crippen LogP) is 3.50. The summed E-state index contributed by atoms with van der Waals surface area (Å²) in [6.07, 6.45) is 1.03. The Labute approximate surface area is 141 Å². The van der Waals surface area contributed by atoms with Crippen LogP contribution in [0.4, 0.5) is 0 Å². The van der Waals surface area contributed by atoms with Crippen LogP contribution in [0.25, 0.3) is 11.0 Å². The summed E-state index contributed by atoms with van der Waals surface area (Å²) in [5.74, 6) is 0.911. The molecule has 1 amide bonds. The minimum atomic E-state index is -0.0293. The van der Waals surface area contributed by atoms with Crippen LogP contribution in [0, 0.1) is 12.8 Å². The van der Waals surface area contributed by atoms with Crippen LogP contribution in [0.15, 0.2) is 22.6 Å². The number of amides is 1. The van der Waals surface area contributed by atoms with Crippen LogP contribution in [0.3, 0.4) is 0 Å². The van der Waals surface area contributed by atoms with Gasteiger partial charge in [-0.15, -0.1) is 12.4 Å². The van der Waals surface area contributed by atoms with E-state index in [1.165, 1.54) is 0 Å². The molecule has 120 valence electrons. The van der Waals surface area contributed by atoms with Crippen molar-refractivity contribution in [3.8, 4) is 0 Å². The van der Waals surface area contributed by atoms with E-state index in [-0.39, 0.29) is 18.3 Å². The number of nitrogens with zero attached hydrogens (tertiary/aromatic N) is 1. The number of carbonyl (C=O) groups is 1. The second kappa shape index (κ2) is 6.90. The summed E-state index contributed by atoms with van der Waals surface area (Å²) in [6, 6.07) is 5.59. The number of fused-ring (bicyclic) bond motifs is 1. The number of hydrogen-bond donors (Lipinski definition) is 1. The first-order chi connectivity index (χ1) is 10.1. The molecule has 1 fully saturated rings. The highest BCUT2D eigenvalue weighted by Gasteiger charge is 2.30. The van der Waals surface area contributed by atoms with Crippen molar-refractivity contribution in [2.24, 2.45) is 5.92 Å². The zero-order valence-corrected chi connectivity index (χ0v) is 14.3. The van der Waals surface area contributed by atoms with Crippen molar-refractivity contribution in [2.75, 3.05) is 26.7 Å². The lowest BCUT2D eigenvalue weighted by Crippen LogP contribution is -2.30. The van der Waals surface area contributed by atoms with Crippen molar-refractivity contribution in [1.29, 1.82) is 0 Å². The first-order valence-corrected chi connectivity index (χ1v) is 7.61. The molecule has 1 saturated heterocycles. The van der Waals surface area contributed by atoms with Crippen molar-refractivity contribution in [3.05, 3.63) is 34.5 Å². The molecule has 22 heavy (non-hydrogen) atoms. The molecule has 1 unspecified atom stereocenters. The normalized spacial score (nSPS) is 17.8. The molecule has 1 aromatic heterocycles. The fraction of sp³-hybridized carbons (Fsp3) is 0.438. The number of aryl methyl sites for hydroxylation is 1. The molecular formula is C16H20Cl2N2O2. The molecule has 0 bridgehead atoms. The first-order valence-electron chi connectivity index (χ1n) is 7.23. The van der Waals surface area contributed by atoms with E-state index in [0.717, 1.165) is 37.0 Å². The van der Waals surface area contributed by atoms with Crippen molar-refractivity contribution in [2.45, 2.75) is 13.3 Å². The van der Waals surface area contributed by atoms with Crippen molar-refractivity contribution in [3.63, 3.8) is 0 Å². The minimum absolute atomic E-state index is 0. The third-order valence-corrected chi connectivity index (χ3v) is 4.47. The average Bonchev–Trinajstić information content (AvgIpc) is 3.06. The third-order valence-electron chi connectivity index (χ3n) is 4.18. The van der Waals surface area contributed by atoms with Crippen LogP contribution in [0.2, 0.25) is 5.02 Å². The molecule has 0 radical (unpaired) electrons. The van der Waals surface area contributed by atoms with Gasteiger partial charge in [0.2, 0.25) is 0 Å². The standard InChI is InChI=1S/C16H19ClN2O2.ClH/c1-10-12-4-3-5-13(17)15(12)21-14(10)16(20)19-7-6-11(9-19)8-18-2;/h3-5,11,18H,6-9H2,1-2H3;1H. The zero-order chi connectivity index (χ0) is 15.0. The topological polar surface area (TPSA) is 45.5 Å². The molecule has 4 nitrogen and oxygen atoms in total. The molecule has 6 heteroatoms. The number of likely N-dealkylation sites (tertiary alicyclic amines) is 1. The SMILES string of the molecule is CNCC1CCN(C(=O)c2oc3c(Cl)cccc3c2C)C1.Cl. The van der Waals surface area contributed by atoms with E-state index >= 15 is 0 Å². The number of para-hydroxylation sites is 1. The van der Waals surface area contributed by atoms with Gasteiger partial charge >= 0.3 is 0 Å². The Hall–Kier alpha value is -1.23. The van der Waals surface area contributed by atoms with Crippen molar-refractivity contribution in [1.82, 2.24) is 10.2 Å². The van der Waals surface area contributed by atoms with Gasteiger partial charge in [0, 0.05) is 24.0 Å². The van der Waals surface area contributed by atoms with E-state index < -0.39 is 0 Å². The molecule has 1 N–H and O–H groups in total. The third kappa shape index (κ3) is 2.96. The van der Waals surface area contributed by atoms with E-state index in [1.54, 1.807) is 6.07 Å². The molecule has 0 spiro atoms. The molecule has 0 saturated carbocycles. The monoisotopic (exact) mass is 342 g/mol. The number of rotatable bonds is 3. The van der Waals surface area contributed by atoms with Crippen molar-refractivity contribution >= 4 is 40.9 Å². The largest absolute Gasteiger partial charge is 0.449 e. The van der Waals surface area contributed by atoms with Gasteiger partial charge in [-0.2, -0.15) is 0 Å². The zero-order valence-electron chi connectivity index (χ0n) is 12.7. The van der Waals surface area contributed by atoms with Gasteiger partial charge in [0.25, 0.3) is 5.91 Å². The van der Waals surface area contributed by atoms with Gasteiger partial charge in [-0.1, -0.05) is 23.7 Å². The number of furan rings is 1. The quantitative estimate of drug-likeness (QED) is 0.928. The Morgan fingerprint density at radius 2 is 2.27 bits per heavy atom. The van der Waals surface area contributed by atoms with Gasteiger partial charge < -0.3 is 14.6 Å². The maximum Gasteiger partial charge on any atom is 0.289 e. The van der Waals surface area contributed by atoms with Crippen LogP contribution in [-0.4, -0.2) is 37.5 Å². The number of halogens is 2. The molecule has 1 aromatic carbocycles. The fourth-order valence-corrected chi connectivity index (χ4v) is 3.24. The Morgan fingerprint density at radius 3 is 2.95 bits per heavy atom. The number of hydrogen-bond acceptors (Lipinski definition) is 3. The molecule has 1 aliphatic rings. The van der Waals surface area contributed by atoms with Gasteiger partial charge in [-0.05, 0) is 38.9 Å². The molecule has 1 atom stereocenters. The van der Waals surface area contributed by atoms with E-state index in [1.807, 2.05) is 31.0 Å². The molecule has 2 aromatic rings. The molecule has 2 heterocycles. The van der Waals surface area contributed by atoms with Crippen LogP contribution in [0.5, 0.6) is 0 Å². The fourth-order valence-electron chi connectivity index (χ4n) is 3.03. The molecular weight excluding hydrogens is 323 g/mol. The van der Waals surface area contributed by atoms with E-state index in [4.69, 9.17) is 16.0 Å². The highest BCUT2D eigenvalue weighted by Crippen LogP contribution is 2.32. The van der Waals surface area contributed by atoms with Gasteiger partial charge in [0.1, 0.15) is 0 Å². The summed E-state index contributed by atoms with van der Waals surface area (Å²) < 4.78 is 5.76. The Bertz CT molecular complexity index is 684. The summed E-state index contributed by atoms with van der Waals surface area (Å²) in [4.78, 5) is 14.5. The number of benzene rings is 1. The van der Waals surface area contributed by atoms with Gasteiger partial charge in [0.15, 0.2) is 11.3 Å². The Balaban J connectivity index is 0.00000176. The molecule has 3 rings (SSSR count). The highest BCUT2D eigenvalue weighted by molar-refractivity contribution is 6.35. The smallest absolute Gasteiger partial charge is 0.289 e. The summed E-state index contributed by atoms with van der Waals surface area (Å²) in [6.45, 7) is 4.42. The summed E-state index contributed by atoms with van der Waals surface area (Å²) in [5, 5.41) is 4.63. The Kier molecular flexibility index (Phi) is 5.37. The van der Waals surface area contributed by atoms with Gasteiger partial charge in [0.05, 0.1) is 5.02 Å². The minimum Gasteiger partial charge on any atom is -0.449 e. The second-order valence-electron chi connectivity index (χ2n) is 5.64. The Morgan fingerprint density at radius 1 is 1.50 bits per heavy atom.